The van der Waals surface area contributed by atoms with E-state index in [1.807, 2.05) is 0 Å². The Bertz CT molecular complexity index is 332. The topological polar surface area (TPSA) is 85.1 Å². The summed E-state index contributed by atoms with van der Waals surface area (Å²) in [6.07, 6.45) is 3.55. The molecule has 0 saturated carbocycles. The number of ether oxygens (including phenoxy) is 1. The van der Waals surface area contributed by atoms with Crippen LogP contribution >= 0.6 is 0 Å². The number of aromatic nitrogens is 2. The SMILES string of the molecule is CCCCCNc1cc(NN)nc(COC)n1. The Morgan fingerprint density at radius 1 is 1.29 bits per heavy atom. The summed E-state index contributed by atoms with van der Waals surface area (Å²) in [5, 5.41) is 3.25. The number of nitrogen functional groups attached to an aromatic ring is 1. The molecule has 0 saturated heterocycles. The van der Waals surface area contributed by atoms with Gasteiger partial charge in [-0.3, -0.25) is 0 Å². The lowest BCUT2D eigenvalue weighted by atomic mass is 10.2. The summed E-state index contributed by atoms with van der Waals surface area (Å²) >= 11 is 0. The Hall–Kier alpha value is -1.40. The monoisotopic (exact) mass is 239 g/mol. The third-order valence-electron chi connectivity index (χ3n) is 2.28. The summed E-state index contributed by atoms with van der Waals surface area (Å²) < 4.78 is 5.00. The summed E-state index contributed by atoms with van der Waals surface area (Å²) in [5.41, 5.74) is 2.52. The highest BCUT2D eigenvalue weighted by Crippen LogP contribution is 2.11. The number of nitrogens with zero attached hydrogens (tertiary/aromatic N) is 2. The van der Waals surface area contributed by atoms with Gasteiger partial charge in [0.15, 0.2) is 5.82 Å². The number of rotatable bonds is 8. The zero-order valence-corrected chi connectivity index (χ0v) is 10.5. The minimum Gasteiger partial charge on any atom is -0.377 e. The number of hydrazine groups is 1. The van der Waals surface area contributed by atoms with Crippen LogP contribution < -0.4 is 16.6 Å². The van der Waals surface area contributed by atoms with Crippen LogP contribution in [0.1, 0.15) is 32.0 Å². The number of unbranched alkanes of at least 4 members (excludes halogenated alkanes) is 2. The van der Waals surface area contributed by atoms with Gasteiger partial charge in [-0.15, -0.1) is 0 Å². The highest BCUT2D eigenvalue weighted by Gasteiger charge is 2.03. The van der Waals surface area contributed by atoms with Crippen LogP contribution in [0.3, 0.4) is 0 Å². The minimum atomic E-state index is 0.374. The van der Waals surface area contributed by atoms with Gasteiger partial charge in [-0.05, 0) is 6.42 Å². The number of anilines is 2. The molecule has 96 valence electrons. The van der Waals surface area contributed by atoms with Gasteiger partial charge < -0.3 is 15.5 Å². The van der Waals surface area contributed by atoms with Gasteiger partial charge >= 0.3 is 0 Å². The van der Waals surface area contributed by atoms with Gasteiger partial charge in [-0.2, -0.15) is 0 Å². The summed E-state index contributed by atoms with van der Waals surface area (Å²) in [6, 6.07) is 1.78. The molecule has 0 radical (unpaired) electrons. The van der Waals surface area contributed by atoms with Gasteiger partial charge in [0.05, 0.1) is 0 Å². The molecule has 4 N–H and O–H groups in total. The maximum atomic E-state index is 5.35. The summed E-state index contributed by atoms with van der Waals surface area (Å²) in [5.74, 6) is 7.33. The van der Waals surface area contributed by atoms with Crippen molar-refractivity contribution in [3.05, 3.63) is 11.9 Å². The van der Waals surface area contributed by atoms with E-state index in [0.717, 1.165) is 18.8 Å². The number of hydrogen-bond acceptors (Lipinski definition) is 6. The van der Waals surface area contributed by atoms with Crippen LogP contribution in [0, 0.1) is 0 Å². The molecule has 1 aromatic rings. The molecular formula is C11H21N5O. The fourth-order valence-corrected chi connectivity index (χ4v) is 1.45. The third-order valence-corrected chi connectivity index (χ3v) is 2.28. The van der Waals surface area contributed by atoms with E-state index < -0.39 is 0 Å². The van der Waals surface area contributed by atoms with Crippen LogP contribution in [0.2, 0.25) is 0 Å². The molecule has 0 aliphatic rings. The first-order valence-electron chi connectivity index (χ1n) is 5.87. The number of nitrogens with two attached hydrogens (primary N) is 1. The number of methoxy groups -OCH3 is 1. The van der Waals surface area contributed by atoms with Crippen LogP contribution in [0.25, 0.3) is 0 Å². The van der Waals surface area contributed by atoms with Crippen molar-refractivity contribution in [1.82, 2.24) is 9.97 Å². The highest BCUT2D eigenvalue weighted by molar-refractivity contribution is 5.46. The average molecular weight is 239 g/mol. The van der Waals surface area contributed by atoms with Gasteiger partial charge in [-0.25, -0.2) is 15.8 Å². The standard InChI is InChI=1S/C11H21N5O/c1-3-4-5-6-13-9-7-10(16-12)15-11(14-9)8-17-2/h7H,3-6,8,12H2,1-2H3,(H2,13,14,15,16). The van der Waals surface area contributed by atoms with Crippen LogP contribution in [0.5, 0.6) is 0 Å². The summed E-state index contributed by atoms with van der Waals surface area (Å²) in [6.45, 7) is 3.46. The lowest BCUT2D eigenvalue weighted by Crippen LogP contribution is -2.13. The van der Waals surface area contributed by atoms with Crippen LogP contribution in [0.4, 0.5) is 11.6 Å². The molecule has 0 aromatic carbocycles. The molecular weight excluding hydrogens is 218 g/mol. The Morgan fingerprint density at radius 2 is 2.06 bits per heavy atom. The van der Waals surface area contributed by atoms with Crippen molar-refractivity contribution in [3.63, 3.8) is 0 Å². The van der Waals surface area contributed by atoms with Crippen molar-refractivity contribution in [2.45, 2.75) is 32.8 Å². The first-order chi connectivity index (χ1) is 8.30. The predicted octanol–water partition coefficient (Wildman–Crippen LogP) is 1.51. The maximum absolute atomic E-state index is 5.35. The molecule has 0 aliphatic heterocycles. The highest BCUT2D eigenvalue weighted by atomic mass is 16.5. The van der Waals surface area contributed by atoms with Crippen molar-refractivity contribution in [2.75, 3.05) is 24.4 Å². The van der Waals surface area contributed by atoms with Gasteiger partial charge in [0.1, 0.15) is 18.2 Å². The van der Waals surface area contributed by atoms with E-state index in [9.17, 15) is 0 Å². The fraction of sp³-hybridized carbons (Fsp3) is 0.636. The van der Waals surface area contributed by atoms with Crippen molar-refractivity contribution in [3.8, 4) is 0 Å². The van der Waals surface area contributed by atoms with Gasteiger partial charge in [-0.1, -0.05) is 19.8 Å². The van der Waals surface area contributed by atoms with Crippen LogP contribution in [-0.4, -0.2) is 23.6 Å². The second-order valence-electron chi connectivity index (χ2n) is 3.77. The fourth-order valence-electron chi connectivity index (χ4n) is 1.45. The Balaban J connectivity index is 2.59. The summed E-state index contributed by atoms with van der Waals surface area (Å²) in [7, 11) is 1.61. The zero-order valence-electron chi connectivity index (χ0n) is 10.5. The van der Waals surface area contributed by atoms with E-state index in [1.165, 1.54) is 12.8 Å². The molecule has 6 nitrogen and oxygen atoms in total. The lowest BCUT2D eigenvalue weighted by Gasteiger charge is -2.09. The molecule has 0 spiro atoms. The molecule has 0 unspecified atom stereocenters. The van der Waals surface area contributed by atoms with Gasteiger partial charge in [0.25, 0.3) is 0 Å². The Morgan fingerprint density at radius 3 is 2.71 bits per heavy atom. The second kappa shape index (κ2) is 7.81. The molecule has 0 bridgehead atoms. The van der Waals surface area contributed by atoms with Gasteiger partial charge in [0, 0.05) is 19.7 Å². The zero-order chi connectivity index (χ0) is 12.5. The van der Waals surface area contributed by atoms with Crippen molar-refractivity contribution in [1.29, 1.82) is 0 Å². The molecule has 0 fully saturated rings. The molecule has 1 heterocycles. The van der Waals surface area contributed by atoms with E-state index in [1.54, 1.807) is 13.2 Å². The lowest BCUT2D eigenvalue weighted by molar-refractivity contribution is 0.178. The molecule has 1 rings (SSSR count). The van der Waals surface area contributed by atoms with Gasteiger partial charge in [0.2, 0.25) is 0 Å². The first-order valence-corrected chi connectivity index (χ1v) is 5.87. The molecule has 0 amide bonds. The van der Waals surface area contributed by atoms with Crippen molar-refractivity contribution >= 4 is 11.6 Å². The van der Waals surface area contributed by atoms with E-state index >= 15 is 0 Å². The minimum absolute atomic E-state index is 0.374. The maximum Gasteiger partial charge on any atom is 0.158 e. The Kier molecular flexibility index (Phi) is 6.27. The van der Waals surface area contributed by atoms with E-state index in [0.29, 0.717) is 18.2 Å². The van der Waals surface area contributed by atoms with E-state index in [-0.39, 0.29) is 0 Å². The van der Waals surface area contributed by atoms with Crippen molar-refractivity contribution in [2.24, 2.45) is 5.84 Å². The van der Waals surface area contributed by atoms with E-state index in [4.69, 9.17) is 10.6 Å². The normalized spacial score (nSPS) is 10.3. The smallest absolute Gasteiger partial charge is 0.158 e. The quantitative estimate of drug-likeness (QED) is 0.362. The van der Waals surface area contributed by atoms with E-state index in [2.05, 4.69) is 27.6 Å². The van der Waals surface area contributed by atoms with Crippen LogP contribution in [0.15, 0.2) is 6.07 Å². The molecule has 6 heteroatoms. The first kappa shape index (κ1) is 13.7. The molecule has 17 heavy (non-hydrogen) atoms. The predicted molar refractivity (Wildman–Crippen MR) is 68.6 cm³/mol. The average Bonchev–Trinajstić information content (AvgIpc) is 2.35. The molecule has 0 aliphatic carbocycles. The number of nitrogens with one attached hydrogen (secondary N) is 2. The number of hydrogen-bond donors (Lipinski definition) is 3. The second-order valence-corrected chi connectivity index (χ2v) is 3.77. The molecule has 0 atom stereocenters. The molecule has 1 aromatic heterocycles. The van der Waals surface area contributed by atoms with Crippen molar-refractivity contribution < 1.29 is 4.74 Å². The largest absolute Gasteiger partial charge is 0.377 e. The third kappa shape index (κ3) is 4.97. The summed E-state index contributed by atoms with van der Waals surface area (Å²) in [4.78, 5) is 8.50. The Labute approximate surface area is 102 Å². The van der Waals surface area contributed by atoms with Crippen LogP contribution in [-0.2, 0) is 11.3 Å².